The van der Waals surface area contributed by atoms with Gasteiger partial charge in [-0.05, 0) is 37.8 Å². The number of benzene rings is 1. The Morgan fingerprint density at radius 2 is 1.91 bits per heavy atom. The molecular weight excluding hydrogens is 464 g/mol. The molecule has 2 aromatic rings. The number of nitrogens with zero attached hydrogens (tertiary/aromatic N) is 2. The number of carbonyl (C=O) groups excluding carboxylic acids is 2. The fraction of sp³-hybridized carbons (Fsp3) is 0.522. The average Bonchev–Trinajstić information content (AvgIpc) is 3.10. The number of anilines is 1. The summed E-state index contributed by atoms with van der Waals surface area (Å²) in [6.45, 7) is 12.8. The first-order valence-corrected chi connectivity index (χ1v) is 11.9. The molecule has 8 nitrogen and oxygen atoms in total. The van der Waals surface area contributed by atoms with Crippen molar-refractivity contribution < 1.29 is 19.4 Å². The number of phenols is 1. The number of rotatable bonds is 5. The van der Waals surface area contributed by atoms with Crippen molar-refractivity contribution in [2.24, 2.45) is 0 Å². The number of halogens is 1. The lowest BCUT2D eigenvalue weighted by Gasteiger charge is -2.39. The molecule has 1 aromatic carbocycles. The van der Waals surface area contributed by atoms with Crippen molar-refractivity contribution in [3.63, 3.8) is 0 Å². The second kappa shape index (κ2) is 9.38. The van der Waals surface area contributed by atoms with Crippen molar-refractivity contribution >= 4 is 40.6 Å². The molecule has 2 amide bonds. The summed E-state index contributed by atoms with van der Waals surface area (Å²) in [5.41, 5.74) is 0.779. The van der Waals surface area contributed by atoms with Gasteiger partial charge >= 0.3 is 6.09 Å². The first kappa shape index (κ1) is 25.1. The number of amides is 2. The van der Waals surface area contributed by atoms with E-state index < -0.39 is 5.60 Å². The van der Waals surface area contributed by atoms with E-state index in [0.29, 0.717) is 35.4 Å². The minimum absolute atomic E-state index is 0.0648. The van der Waals surface area contributed by atoms with Crippen molar-refractivity contribution in [3.8, 4) is 5.75 Å². The van der Waals surface area contributed by atoms with Gasteiger partial charge in [0.25, 0.3) is 5.91 Å². The topological polar surface area (TPSA) is 104 Å². The number of thiazole rings is 1. The zero-order chi connectivity index (χ0) is 24.6. The molecule has 1 aliphatic rings. The van der Waals surface area contributed by atoms with Gasteiger partial charge < -0.3 is 25.4 Å². The van der Waals surface area contributed by atoms with Crippen LogP contribution in [0, 0.1) is 0 Å². The Morgan fingerprint density at radius 3 is 2.52 bits per heavy atom. The third-order valence-electron chi connectivity index (χ3n) is 4.96. The number of ether oxygens (including phenoxy) is 1. The number of aromatic hydroxyl groups is 1. The Balaban J connectivity index is 1.53. The maximum absolute atomic E-state index is 12.5. The average molecular weight is 495 g/mol. The Kier molecular flexibility index (Phi) is 7.14. The lowest BCUT2D eigenvalue weighted by atomic mass is 9.86. The summed E-state index contributed by atoms with van der Waals surface area (Å²) in [4.78, 5) is 31.1. The minimum atomic E-state index is -0.548. The van der Waals surface area contributed by atoms with Crippen molar-refractivity contribution in [2.75, 3.05) is 18.4 Å². The Morgan fingerprint density at radius 1 is 1.24 bits per heavy atom. The van der Waals surface area contributed by atoms with Gasteiger partial charge in [-0.1, -0.05) is 32.4 Å². The number of hydrogen-bond acceptors (Lipinski definition) is 7. The molecule has 0 saturated carbocycles. The highest BCUT2D eigenvalue weighted by Crippen LogP contribution is 2.37. The molecule has 3 rings (SSSR count). The largest absolute Gasteiger partial charge is 0.506 e. The van der Waals surface area contributed by atoms with E-state index in [1.54, 1.807) is 11.1 Å². The van der Waals surface area contributed by atoms with Crippen LogP contribution in [-0.2, 0) is 16.7 Å². The van der Waals surface area contributed by atoms with Crippen LogP contribution in [0.2, 0.25) is 5.02 Å². The van der Waals surface area contributed by atoms with Crippen LogP contribution in [0.5, 0.6) is 5.75 Å². The molecule has 1 saturated heterocycles. The summed E-state index contributed by atoms with van der Waals surface area (Å²) in [7, 11) is 0. The predicted molar refractivity (Wildman–Crippen MR) is 130 cm³/mol. The van der Waals surface area contributed by atoms with E-state index in [0.717, 1.165) is 10.4 Å². The van der Waals surface area contributed by atoms with E-state index in [4.69, 9.17) is 16.3 Å². The highest BCUT2D eigenvalue weighted by molar-refractivity contribution is 7.13. The Bertz CT molecular complexity index is 1040. The lowest BCUT2D eigenvalue weighted by molar-refractivity contribution is 0.00533. The van der Waals surface area contributed by atoms with Crippen LogP contribution in [0.4, 0.5) is 10.5 Å². The van der Waals surface area contributed by atoms with Gasteiger partial charge in [0.15, 0.2) is 5.01 Å². The van der Waals surface area contributed by atoms with Crippen LogP contribution in [0.25, 0.3) is 0 Å². The summed E-state index contributed by atoms with van der Waals surface area (Å²) in [6, 6.07) is 3.26. The van der Waals surface area contributed by atoms with Crippen LogP contribution < -0.4 is 10.6 Å². The standard InChI is InChI=1S/C23H31ClN4O4S/c1-22(2,3)15-7-17(18(29)8-16(15)24)25-9-14-10-26-20(33-14)19(30)27-13-11-28(12-13)21(31)32-23(4,5)6/h7-8,10,13,25,29H,9,11-12H2,1-6H3,(H,27,30). The molecule has 2 heterocycles. The van der Waals surface area contributed by atoms with Crippen LogP contribution in [-0.4, -0.2) is 51.7 Å². The summed E-state index contributed by atoms with van der Waals surface area (Å²) in [5, 5.41) is 17.2. The van der Waals surface area contributed by atoms with Gasteiger partial charge in [-0.3, -0.25) is 4.79 Å². The minimum Gasteiger partial charge on any atom is -0.506 e. The fourth-order valence-electron chi connectivity index (χ4n) is 3.25. The van der Waals surface area contributed by atoms with Gasteiger partial charge in [0.05, 0.1) is 18.3 Å². The molecule has 0 bridgehead atoms. The maximum atomic E-state index is 12.5. The number of likely N-dealkylation sites (tertiary alicyclic amines) is 1. The molecule has 0 radical (unpaired) electrons. The van der Waals surface area contributed by atoms with Gasteiger partial charge in [-0.25, -0.2) is 9.78 Å². The monoisotopic (exact) mass is 494 g/mol. The molecule has 0 atom stereocenters. The summed E-state index contributed by atoms with van der Waals surface area (Å²) < 4.78 is 5.32. The van der Waals surface area contributed by atoms with E-state index in [2.05, 4.69) is 36.4 Å². The number of hydrogen-bond donors (Lipinski definition) is 3. The van der Waals surface area contributed by atoms with Crippen molar-refractivity contribution in [2.45, 2.75) is 65.1 Å². The summed E-state index contributed by atoms with van der Waals surface area (Å²) in [5.74, 6) is -0.209. The molecular formula is C23H31ClN4O4S. The Labute approximate surface area is 203 Å². The Hall–Kier alpha value is -2.52. The first-order chi connectivity index (χ1) is 15.2. The maximum Gasteiger partial charge on any atom is 0.410 e. The van der Waals surface area contributed by atoms with Crippen molar-refractivity contribution in [1.29, 1.82) is 0 Å². The fourth-order valence-corrected chi connectivity index (χ4v) is 4.44. The zero-order valence-corrected chi connectivity index (χ0v) is 21.4. The molecule has 180 valence electrons. The van der Waals surface area contributed by atoms with Gasteiger partial charge in [0, 0.05) is 35.3 Å². The molecule has 0 unspecified atom stereocenters. The van der Waals surface area contributed by atoms with E-state index in [9.17, 15) is 14.7 Å². The van der Waals surface area contributed by atoms with E-state index in [-0.39, 0.29) is 29.2 Å². The van der Waals surface area contributed by atoms with Crippen molar-refractivity contribution in [3.05, 3.63) is 38.8 Å². The molecule has 33 heavy (non-hydrogen) atoms. The van der Waals surface area contributed by atoms with E-state index in [1.807, 2.05) is 26.8 Å². The van der Waals surface area contributed by atoms with Crippen molar-refractivity contribution in [1.82, 2.24) is 15.2 Å². The smallest absolute Gasteiger partial charge is 0.410 e. The zero-order valence-electron chi connectivity index (χ0n) is 19.8. The van der Waals surface area contributed by atoms with E-state index >= 15 is 0 Å². The van der Waals surface area contributed by atoms with Crippen LogP contribution >= 0.6 is 22.9 Å². The normalized spacial score (nSPS) is 14.6. The second-order valence-corrected chi connectivity index (χ2v) is 11.7. The van der Waals surface area contributed by atoms with Crippen LogP contribution in [0.1, 0.15) is 61.8 Å². The van der Waals surface area contributed by atoms with Gasteiger partial charge in [0.2, 0.25) is 0 Å². The quantitative estimate of drug-likeness (QED) is 0.518. The molecule has 0 aliphatic carbocycles. The van der Waals surface area contributed by atoms with E-state index in [1.165, 1.54) is 17.4 Å². The first-order valence-electron chi connectivity index (χ1n) is 10.7. The number of aromatic nitrogens is 1. The SMILES string of the molecule is CC(C)(C)OC(=O)N1CC(NC(=O)c2ncc(CNc3cc(C(C)(C)C)c(Cl)cc3O)s2)C1. The van der Waals surface area contributed by atoms with Gasteiger partial charge in [-0.2, -0.15) is 0 Å². The molecule has 10 heteroatoms. The molecule has 1 aliphatic heterocycles. The number of phenolic OH excluding ortho intramolecular Hbond substituents is 1. The summed E-state index contributed by atoms with van der Waals surface area (Å²) >= 11 is 7.56. The molecule has 1 fully saturated rings. The summed E-state index contributed by atoms with van der Waals surface area (Å²) in [6.07, 6.45) is 1.26. The van der Waals surface area contributed by atoms with Crippen LogP contribution in [0.15, 0.2) is 18.3 Å². The highest BCUT2D eigenvalue weighted by atomic mass is 35.5. The lowest BCUT2D eigenvalue weighted by Crippen LogP contribution is -2.61. The predicted octanol–water partition coefficient (Wildman–Crippen LogP) is 4.76. The third kappa shape index (κ3) is 6.51. The van der Waals surface area contributed by atoms with Gasteiger partial charge in [0.1, 0.15) is 11.4 Å². The molecule has 1 aromatic heterocycles. The number of nitrogens with one attached hydrogen (secondary N) is 2. The third-order valence-corrected chi connectivity index (χ3v) is 6.27. The number of carbonyl (C=O) groups is 2. The molecule has 3 N–H and O–H groups in total. The van der Waals surface area contributed by atoms with Gasteiger partial charge in [-0.15, -0.1) is 11.3 Å². The van der Waals surface area contributed by atoms with Crippen LogP contribution in [0.3, 0.4) is 0 Å². The highest BCUT2D eigenvalue weighted by Gasteiger charge is 2.35. The second-order valence-electron chi connectivity index (χ2n) is 10.1. The molecule has 0 spiro atoms.